The van der Waals surface area contributed by atoms with Gasteiger partial charge < -0.3 is 25.1 Å². The highest BCUT2D eigenvalue weighted by Crippen LogP contribution is 2.30. The predicted octanol–water partition coefficient (Wildman–Crippen LogP) is 5.98. The number of anilines is 3. The summed E-state index contributed by atoms with van der Waals surface area (Å²) in [5, 5.41) is 6.14. The molecule has 5 aromatic rings. The lowest BCUT2D eigenvalue weighted by molar-refractivity contribution is -0.119. The first-order chi connectivity index (χ1) is 18.5. The number of aryl methyl sites for hydroxylation is 1. The zero-order valence-corrected chi connectivity index (χ0v) is 20.9. The van der Waals surface area contributed by atoms with Crippen LogP contribution in [0.3, 0.4) is 0 Å². The van der Waals surface area contributed by atoms with E-state index in [-0.39, 0.29) is 24.9 Å². The third-order valence-corrected chi connectivity index (χ3v) is 5.89. The van der Waals surface area contributed by atoms with E-state index in [1.54, 1.807) is 6.07 Å². The van der Waals surface area contributed by atoms with Crippen LogP contribution in [0.15, 0.2) is 79.1 Å². The van der Waals surface area contributed by atoms with Gasteiger partial charge in [0, 0.05) is 24.2 Å². The van der Waals surface area contributed by atoms with E-state index in [1.165, 1.54) is 25.6 Å². The molecule has 8 nitrogen and oxygen atoms in total. The summed E-state index contributed by atoms with van der Waals surface area (Å²) < 4.78 is 24.2. The third kappa shape index (κ3) is 5.79. The molecule has 3 N–H and O–H groups in total. The smallest absolute Gasteiger partial charge is 0.250 e. The fourth-order valence-corrected chi connectivity index (χ4v) is 4.06. The van der Waals surface area contributed by atoms with Crippen LogP contribution in [0.4, 0.5) is 21.6 Å². The number of carbonyl (C=O) groups excluding carboxylic acids is 1. The molecule has 0 unspecified atom stereocenters. The van der Waals surface area contributed by atoms with E-state index in [1.807, 2.05) is 61.5 Å². The zero-order valence-electron chi connectivity index (χ0n) is 20.9. The fourth-order valence-electron chi connectivity index (χ4n) is 4.06. The summed E-state index contributed by atoms with van der Waals surface area (Å²) in [7, 11) is 1.48. The average molecular weight is 512 g/mol. The van der Waals surface area contributed by atoms with Gasteiger partial charge in [-0.1, -0.05) is 24.3 Å². The molecule has 3 aromatic carbocycles. The number of halogens is 1. The molecule has 1 amide bonds. The quantitative estimate of drug-likeness (QED) is 0.225. The molecule has 192 valence electrons. The number of ether oxygens (including phenoxy) is 2. The molecular weight excluding hydrogens is 485 g/mol. The van der Waals surface area contributed by atoms with Crippen LogP contribution < -0.4 is 15.4 Å². The summed E-state index contributed by atoms with van der Waals surface area (Å²) >= 11 is 0. The van der Waals surface area contributed by atoms with Crippen LogP contribution in [0.25, 0.3) is 22.3 Å². The first-order valence-electron chi connectivity index (χ1n) is 12.0. The van der Waals surface area contributed by atoms with Gasteiger partial charge in [-0.25, -0.2) is 14.4 Å². The van der Waals surface area contributed by atoms with Gasteiger partial charge in [0.15, 0.2) is 5.82 Å². The molecule has 9 heteroatoms. The van der Waals surface area contributed by atoms with Crippen molar-refractivity contribution >= 4 is 34.1 Å². The van der Waals surface area contributed by atoms with Gasteiger partial charge in [0.25, 0.3) is 0 Å². The molecule has 0 saturated carbocycles. The van der Waals surface area contributed by atoms with Crippen molar-refractivity contribution in [3.8, 4) is 17.0 Å². The molecule has 0 atom stereocenters. The molecule has 0 aliphatic rings. The van der Waals surface area contributed by atoms with Crippen molar-refractivity contribution in [1.82, 2.24) is 15.0 Å². The highest BCUT2D eigenvalue weighted by molar-refractivity contribution is 5.93. The molecule has 0 spiro atoms. The number of rotatable bonds is 9. The lowest BCUT2D eigenvalue weighted by Crippen LogP contribution is -2.16. The molecule has 0 saturated heterocycles. The van der Waals surface area contributed by atoms with E-state index in [2.05, 4.69) is 25.6 Å². The number of aromatic amines is 1. The summed E-state index contributed by atoms with van der Waals surface area (Å²) in [6, 6.07) is 21.6. The minimum Gasteiger partial charge on any atom is -0.489 e. The highest BCUT2D eigenvalue weighted by Gasteiger charge is 2.11. The Morgan fingerprint density at radius 3 is 2.58 bits per heavy atom. The number of methoxy groups -OCH3 is 1. The molecular formula is C29H26FN5O3. The average Bonchev–Trinajstić information content (AvgIpc) is 3.34. The van der Waals surface area contributed by atoms with Gasteiger partial charge in [0.2, 0.25) is 5.91 Å². The number of H-pyrrole nitrogens is 1. The minimum atomic E-state index is -0.283. The van der Waals surface area contributed by atoms with Crippen LogP contribution in [-0.2, 0) is 16.1 Å². The zero-order chi connectivity index (χ0) is 26.5. The molecule has 5 rings (SSSR count). The van der Waals surface area contributed by atoms with Gasteiger partial charge in [0.1, 0.15) is 36.6 Å². The van der Waals surface area contributed by atoms with Crippen LogP contribution in [0.2, 0.25) is 0 Å². The number of benzene rings is 3. The van der Waals surface area contributed by atoms with E-state index in [0.717, 1.165) is 44.9 Å². The molecule has 0 aliphatic carbocycles. The Labute approximate surface area is 218 Å². The number of nitrogens with zero attached hydrogens (tertiary/aromatic N) is 2. The predicted molar refractivity (Wildman–Crippen MR) is 145 cm³/mol. The van der Waals surface area contributed by atoms with Crippen molar-refractivity contribution < 1.29 is 18.7 Å². The summed E-state index contributed by atoms with van der Waals surface area (Å²) in [5.41, 5.74) is 6.57. The second-order valence-corrected chi connectivity index (χ2v) is 8.75. The minimum absolute atomic E-state index is 0.00238. The monoisotopic (exact) mass is 511 g/mol. The third-order valence-electron chi connectivity index (χ3n) is 5.89. The first kappa shape index (κ1) is 24.9. The maximum atomic E-state index is 13.4. The van der Waals surface area contributed by atoms with Gasteiger partial charge in [0.05, 0.1) is 5.52 Å². The maximum absolute atomic E-state index is 13.4. The summed E-state index contributed by atoms with van der Waals surface area (Å²) in [6.45, 7) is 2.24. The summed E-state index contributed by atoms with van der Waals surface area (Å²) in [4.78, 5) is 24.0. The van der Waals surface area contributed by atoms with E-state index in [9.17, 15) is 9.18 Å². The number of nitrogens with one attached hydrogen (secondary N) is 3. The van der Waals surface area contributed by atoms with Crippen molar-refractivity contribution in [3.63, 3.8) is 0 Å². The topological polar surface area (TPSA) is 101 Å². The number of fused-ring (bicyclic) bond motifs is 1. The second kappa shape index (κ2) is 11.1. The second-order valence-electron chi connectivity index (χ2n) is 8.75. The Bertz CT molecular complexity index is 1580. The normalized spacial score (nSPS) is 10.9. The van der Waals surface area contributed by atoms with Gasteiger partial charge in [-0.2, -0.15) is 0 Å². The van der Waals surface area contributed by atoms with E-state index < -0.39 is 0 Å². The van der Waals surface area contributed by atoms with Crippen LogP contribution in [0, 0.1) is 12.7 Å². The molecule has 0 aliphatic heterocycles. The van der Waals surface area contributed by atoms with Gasteiger partial charge in [-0.15, -0.1) is 0 Å². The van der Waals surface area contributed by atoms with Crippen molar-refractivity contribution in [3.05, 3.63) is 96.1 Å². The highest BCUT2D eigenvalue weighted by atomic mass is 19.1. The lowest BCUT2D eigenvalue weighted by Gasteiger charge is -2.12. The van der Waals surface area contributed by atoms with E-state index in [4.69, 9.17) is 9.47 Å². The molecule has 38 heavy (non-hydrogen) atoms. The summed E-state index contributed by atoms with van der Waals surface area (Å²) in [5.74, 6) is 0.863. The van der Waals surface area contributed by atoms with Gasteiger partial charge in [-0.3, -0.25) is 4.79 Å². The van der Waals surface area contributed by atoms with Gasteiger partial charge >= 0.3 is 0 Å². The Hall–Kier alpha value is -4.76. The maximum Gasteiger partial charge on any atom is 0.250 e. The van der Waals surface area contributed by atoms with Crippen LogP contribution >= 0.6 is 0 Å². The number of amides is 1. The largest absolute Gasteiger partial charge is 0.489 e. The number of hydrogen-bond donors (Lipinski definition) is 3. The standard InChI is InChI=1S/C29H26FN5O3/c1-18-12-23(10-11-26(18)38-15-19-4-3-5-21(30)13-19)34-29-28-25(31-17-32-29)14-24(35-28)20-6-8-22(9-7-20)33-27(36)16-37-2/h3-14,17,35H,15-16H2,1-2H3,(H,33,36)(H,31,32,34). The van der Waals surface area contributed by atoms with Crippen LogP contribution in [-0.4, -0.2) is 34.6 Å². The Balaban J connectivity index is 1.31. The van der Waals surface area contributed by atoms with E-state index in [0.29, 0.717) is 11.5 Å². The fraction of sp³-hybridized carbons (Fsp3) is 0.138. The summed E-state index contributed by atoms with van der Waals surface area (Å²) in [6.07, 6.45) is 1.51. The lowest BCUT2D eigenvalue weighted by atomic mass is 10.1. The SMILES string of the molecule is COCC(=O)Nc1ccc(-c2cc3ncnc(Nc4ccc(OCc5cccc(F)c5)c(C)c4)c3[nH]2)cc1. The molecule has 0 bridgehead atoms. The van der Waals surface area contributed by atoms with Crippen molar-refractivity contribution in [2.45, 2.75) is 13.5 Å². The Morgan fingerprint density at radius 1 is 1.00 bits per heavy atom. The molecule has 2 aromatic heterocycles. The Kier molecular flexibility index (Phi) is 7.28. The first-order valence-corrected chi connectivity index (χ1v) is 12.0. The number of carbonyl (C=O) groups is 1. The van der Waals surface area contributed by atoms with Crippen molar-refractivity contribution in [1.29, 1.82) is 0 Å². The Morgan fingerprint density at radius 2 is 1.82 bits per heavy atom. The van der Waals surface area contributed by atoms with Gasteiger partial charge in [-0.05, 0) is 72.1 Å². The molecule has 0 radical (unpaired) electrons. The van der Waals surface area contributed by atoms with Crippen LogP contribution in [0.1, 0.15) is 11.1 Å². The number of hydrogen-bond acceptors (Lipinski definition) is 6. The van der Waals surface area contributed by atoms with E-state index >= 15 is 0 Å². The molecule has 0 fully saturated rings. The molecule has 2 heterocycles. The number of aromatic nitrogens is 3. The van der Waals surface area contributed by atoms with Crippen molar-refractivity contribution in [2.75, 3.05) is 24.4 Å². The van der Waals surface area contributed by atoms with Crippen LogP contribution in [0.5, 0.6) is 5.75 Å². The van der Waals surface area contributed by atoms with Crippen molar-refractivity contribution in [2.24, 2.45) is 0 Å².